The number of fused-ring (bicyclic) bond motifs is 1. The van der Waals surface area contributed by atoms with Gasteiger partial charge in [0.15, 0.2) is 0 Å². The van der Waals surface area contributed by atoms with Gasteiger partial charge < -0.3 is 20.4 Å². The third kappa shape index (κ3) is 5.29. The summed E-state index contributed by atoms with van der Waals surface area (Å²) in [5.74, 6) is 0.228. The van der Waals surface area contributed by atoms with Crippen molar-refractivity contribution in [1.82, 2.24) is 20.4 Å². The lowest BCUT2D eigenvalue weighted by Gasteiger charge is -2.35. The van der Waals surface area contributed by atoms with E-state index in [1.165, 1.54) is 12.0 Å². The lowest BCUT2D eigenvalue weighted by Crippen LogP contribution is -2.58. The smallest absolute Gasteiger partial charge is 0.246 e. The van der Waals surface area contributed by atoms with Gasteiger partial charge in [-0.3, -0.25) is 14.4 Å². The van der Waals surface area contributed by atoms with Crippen molar-refractivity contribution in [2.24, 2.45) is 11.8 Å². The van der Waals surface area contributed by atoms with E-state index < -0.39 is 6.04 Å². The summed E-state index contributed by atoms with van der Waals surface area (Å²) in [6.07, 6.45) is 7.60. The predicted octanol–water partition coefficient (Wildman–Crippen LogP) is 2.35. The third-order valence-electron chi connectivity index (χ3n) is 8.10. The molecule has 0 bridgehead atoms. The van der Waals surface area contributed by atoms with E-state index in [1.807, 2.05) is 30.0 Å². The van der Waals surface area contributed by atoms with Gasteiger partial charge in [0, 0.05) is 25.6 Å². The lowest BCUT2D eigenvalue weighted by molar-refractivity contribution is -0.144. The Balaban J connectivity index is 1.45. The second-order valence-corrected chi connectivity index (χ2v) is 10.2. The van der Waals surface area contributed by atoms with Crippen LogP contribution in [0.4, 0.5) is 0 Å². The molecular formula is C27H40N4O3. The maximum absolute atomic E-state index is 13.9. The van der Waals surface area contributed by atoms with Crippen LogP contribution in [-0.2, 0) is 20.8 Å². The molecule has 34 heavy (non-hydrogen) atoms. The number of hydrogen-bond acceptors (Lipinski definition) is 4. The standard InChI is InChI=1S/C27H40N4O3/c1-3-22(28-2)25(32)29-23(20-12-8-5-9-13-20)26(33)31-17-15-21-18-30(27(34)24(21)31)16-14-19-10-6-4-7-11-19/h4,6-7,10-11,20-24,28H,3,5,8-9,12-18H2,1-2H3,(H,29,32)/t21-,22?,23+,24-/m0/s1. The van der Waals surface area contributed by atoms with E-state index in [-0.39, 0.29) is 41.6 Å². The fourth-order valence-electron chi connectivity index (χ4n) is 6.10. The average Bonchev–Trinajstić information content (AvgIpc) is 3.42. The Morgan fingerprint density at radius 3 is 2.50 bits per heavy atom. The SMILES string of the molecule is CCC(NC)C(=O)N[C@@H](C(=O)N1CC[C@H]2CN(CCc3ccccc3)C(=O)[C@H]21)C1CCCCC1. The quantitative estimate of drug-likeness (QED) is 0.583. The Bertz CT molecular complexity index is 851. The van der Waals surface area contributed by atoms with Crippen LogP contribution < -0.4 is 10.6 Å². The highest BCUT2D eigenvalue weighted by Gasteiger charge is 2.51. The second kappa shape index (κ2) is 11.3. The van der Waals surface area contributed by atoms with E-state index in [0.29, 0.717) is 19.5 Å². The van der Waals surface area contributed by atoms with Gasteiger partial charge in [0.05, 0.1) is 6.04 Å². The number of hydrogen-bond donors (Lipinski definition) is 2. The number of amides is 3. The fraction of sp³-hybridized carbons (Fsp3) is 0.667. The van der Waals surface area contributed by atoms with Gasteiger partial charge in [-0.05, 0) is 50.6 Å². The number of benzene rings is 1. The van der Waals surface area contributed by atoms with Gasteiger partial charge in [0.25, 0.3) is 0 Å². The summed E-state index contributed by atoms with van der Waals surface area (Å²) in [5.41, 5.74) is 1.22. The van der Waals surface area contributed by atoms with Crippen LogP contribution in [0.25, 0.3) is 0 Å². The number of nitrogens with zero attached hydrogens (tertiary/aromatic N) is 2. The molecule has 3 aliphatic rings. The molecule has 2 aliphatic heterocycles. The number of carbonyl (C=O) groups excluding carboxylic acids is 3. The molecule has 3 amide bonds. The summed E-state index contributed by atoms with van der Waals surface area (Å²) in [4.78, 5) is 43.9. The minimum atomic E-state index is -0.542. The highest BCUT2D eigenvalue weighted by Crippen LogP contribution is 2.35. The van der Waals surface area contributed by atoms with Crippen LogP contribution in [0.15, 0.2) is 30.3 Å². The summed E-state index contributed by atoms with van der Waals surface area (Å²) in [7, 11) is 1.78. The average molecular weight is 469 g/mol. The maximum Gasteiger partial charge on any atom is 0.246 e. The molecule has 1 aromatic carbocycles. The summed E-state index contributed by atoms with van der Waals surface area (Å²) in [5, 5.41) is 6.15. The number of rotatable bonds is 9. The maximum atomic E-state index is 13.9. The Hall–Kier alpha value is -2.41. The monoisotopic (exact) mass is 468 g/mol. The Labute approximate surface area is 203 Å². The van der Waals surface area contributed by atoms with Crippen molar-refractivity contribution in [1.29, 1.82) is 0 Å². The van der Waals surface area contributed by atoms with Gasteiger partial charge >= 0.3 is 0 Å². The van der Waals surface area contributed by atoms with Crippen molar-refractivity contribution in [3.8, 4) is 0 Å². The first-order valence-corrected chi connectivity index (χ1v) is 13.1. The van der Waals surface area contributed by atoms with Crippen LogP contribution in [0.3, 0.4) is 0 Å². The highest BCUT2D eigenvalue weighted by atomic mass is 16.2. The van der Waals surface area contributed by atoms with Gasteiger partial charge in [-0.2, -0.15) is 0 Å². The van der Waals surface area contributed by atoms with Crippen molar-refractivity contribution in [3.05, 3.63) is 35.9 Å². The van der Waals surface area contributed by atoms with Crippen LogP contribution in [0.5, 0.6) is 0 Å². The first-order valence-electron chi connectivity index (χ1n) is 13.1. The van der Waals surface area contributed by atoms with Gasteiger partial charge in [-0.1, -0.05) is 56.5 Å². The molecule has 0 aromatic heterocycles. The molecule has 7 heteroatoms. The van der Waals surface area contributed by atoms with E-state index in [0.717, 1.165) is 45.1 Å². The molecule has 1 aromatic rings. The second-order valence-electron chi connectivity index (χ2n) is 10.2. The van der Waals surface area contributed by atoms with Gasteiger partial charge in [0.1, 0.15) is 12.1 Å². The first-order chi connectivity index (χ1) is 16.5. The van der Waals surface area contributed by atoms with Gasteiger partial charge in [0.2, 0.25) is 17.7 Å². The highest BCUT2D eigenvalue weighted by molar-refractivity contribution is 5.94. The van der Waals surface area contributed by atoms with Crippen LogP contribution in [-0.4, -0.2) is 72.3 Å². The number of likely N-dealkylation sites (tertiary alicyclic amines) is 2. The number of likely N-dealkylation sites (N-methyl/N-ethyl adjacent to an activating group) is 1. The molecule has 4 rings (SSSR count). The molecule has 186 valence electrons. The van der Waals surface area contributed by atoms with Gasteiger partial charge in [-0.25, -0.2) is 0 Å². The number of nitrogens with one attached hydrogen (secondary N) is 2. The lowest BCUT2D eigenvalue weighted by atomic mass is 9.83. The molecule has 2 saturated heterocycles. The molecule has 3 fully saturated rings. The molecule has 1 unspecified atom stereocenters. The van der Waals surface area contributed by atoms with Crippen molar-refractivity contribution >= 4 is 17.7 Å². The minimum absolute atomic E-state index is 0.0584. The minimum Gasteiger partial charge on any atom is -0.343 e. The van der Waals surface area contributed by atoms with Crippen LogP contribution in [0.1, 0.15) is 57.4 Å². The number of carbonyl (C=O) groups is 3. The van der Waals surface area contributed by atoms with Crippen LogP contribution >= 0.6 is 0 Å². The van der Waals surface area contributed by atoms with E-state index >= 15 is 0 Å². The molecule has 2 N–H and O–H groups in total. The molecule has 4 atom stereocenters. The van der Waals surface area contributed by atoms with Crippen LogP contribution in [0.2, 0.25) is 0 Å². The summed E-state index contributed by atoms with van der Waals surface area (Å²) < 4.78 is 0. The van der Waals surface area contributed by atoms with Crippen molar-refractivity contribution < 1.29 is 14.4 Å². The topological polar surface area (TPSA) is 81.8 Å². The zero-order valence-electron chi connectivity index (χ0n) is 20.7. The normalized spacial score (nSPS) is 24.7. The molecule has 0 radical (unpaired) electrons. The molecular weight excluding hydrogens is 428 g/mol. The zero-order valence-corrected chi connectivity index (χ0v) is 20.7. The fourth-order valence-corrected chi connectivity index (χ4v) is 6.10. The molecule has 7 nitrogen and oxygen atoms in total. The Kier molecular flexibility index (Phi) is 8.24. The molecule has 1 aliphatic carbocycles. The van der Waals surface area contributed by atoms with Crippen LogP contribution in [0, 0.1) is 11.8 Å². The molecule has 0 spiro atoms. The van der Waals surface area contributed by atoms with E-state index in [9.17, 15) is 14.4 Å². The Morgan fingerprint density at radius 1 is 1.09 bits per heavy atom. The van der Waals surface area contributed by atoms with Crippen molar-refractivity contribution in [3.63, 3.8) is 0 Å². The first kappa shape index (κ1) is 24.7. The van der Waals surface area contributed by atoms with Crippen molar-refractivity contribution in [2.75, 3.05) is 26.7 Å². The van der Waals surface area contributed by atoms with E-state index in [1.54, 1.807) is 11.9 Å². The zero-order chi connectivity index (χ0) is 24.1. The molecule has 2 heterocycles. The van der Waals surface area contributed by atoms with Gasteiger partial charge in [-0.15, -0.1) is 0 Å². The summed E-state index contributed by atoms with van der Waals surface area (Å²) >= 11 is 0. The Morgan fingerprint density at radius 2 is 1.82 bits per heavy atom. The third-order valence-corrected chi connectivity index (χ3v) is 8.10. The van der Waals surface area contributed by atoms with E-state index in [4.69, 9.17) is 0 Å². The summed E-state index contributed by atoms with van der Waals surface area (Å²) in [6, 6.07) is 8.98. The largest absolute Gasteiger partial charge is 0.343 e. The molecule has 1 saturated carbocycles. The predicted molar refractivity (Wildman–Crippen MR) is 132 cm³/mol. The summed E-state index contributed by atoms with van der Waals surface area (Å²) in [6.45, 7) is 3.97. The van der Waals surface area contributed by atoms with Crippen molar-refractivity contribution in [2.45, 2.75) is 76.4 Å². The van der Waals surface area contributed by atoms with E-state index in [2.05, 4.69) is 22.8 Å².